The maximum Gasteiger partial charge on any atom is 0.288 e. The van der Waals surface area contributed by atoms with Crippen molar-refractivity contribution < 1.29 is 19.1 Å². The van der Waals surface area contributed by atoms with E-state index >= 15 is 0 Å². The Labute approximate surface area is 170 Å². The van der Waals surface area contributed by atoms with Crippen molar-refractivity contribution in [3.63, 3.8) is 0 Å². The Morgan fingerprint density at radius 2 is 1.93 bits per heavy atom. The van der Waals surface area contributed by atoms with Crippen LogP contribution < -0.4 is 20.5 Å². The molecule has 3 amide bonds. The average Bonchev–Trinajstić information content (AvgIpc) is 2.73. The number of nitrogens with one attached hydrogen (secondary N) is 2. The number of hydrogen-bond donors (Lipinski definition) is 2. The van der Waals surface area contributed by atoms with Crippen molar-refractivity contribution in [1.82, 2.24) is 15.8 Å². The summed E-state index contributed by atoms with van der Waals surface area (Å²) in [4.78, 5) is 42.3. The first-order valence-corrected chi connectivity index (χ1v) is 9.07. The van der Waals surface area contributed by atoms with Gasteiger partial charge in [-0.15, -0.1) is 0 Å². The quantitative estimate of drug-likeness (QED) is 0.644. The van der Waals surface area contributed by atoms with Gasteiger partial charge >= 0.3 is 0 Å². The topological polar surface area (TPSA) is 101 Å². The molecule has 1 aromatic heterocycles. The highest BCUT2D eigenvalue weighted by Gasteiger charge is 2.27. The van der Waals surface area contributed by atoms with Gasteiger partial charge < -0.3 is 4.74 Å². The van der Waals surface area contributed by atoms with Crippen LogP contribution in [0.1, 0.15) is 10.5 Å². The molecule has 3 aromatic rings. The third kappa shape index (κ3) is 3.97. The summed E-state index contributed by atoms with van der Waals surface area (Å²) in [6.45, 7) is -0.490. The standard InChI is InChI=1S/C20H15ClN4O4/c21-13-6-8-17-16(9-13)25(19(27)11-29-17)10-18(26)23-24-20(28)15-7-5-12-3-1-2-4-14(12)22-15/h1-9H,10-11H2,(H,23,26)(H,24,28). The van der Waals surface area contributed by atoms with E-state index in [9.17, 15) is 14.4 Å². The lowest BCUT2D eigenvalue weighted by atomic mass is 10.2. The van der Waals surface area contributed by atoms with Crippen LogP contribution in [0.25, 0.3) is 10.9 Å². The summed E-state index contributed by atoms with van der Waals surface area (Å²) in [5.74, 6) is -1.09. The molecule has 0 radical (unpaired) electrons. The third-order valence-electron chi connectivity index (χ3n) is 4.31. The van der Waals surface area contributed by atoms with Crippen molar-refractivity contribution in [2.24, 2.45) is 0 Å². The van der Waals surface area contributed by atoms with E-state index in [1.54, 1.807) is 36.4 Å². The van der Waals surface area contributed by atoms with Crippen molar-refractivity contribution in [3.8, 4) is 5.75 Å². The van der Waals surface area contributed by atoms with E-state index in [0.717, 1.165) is 5.39 Å². The molecule has 2 N–H and O–H groups in total. The predicted octanol–water partition coefficient (Wildman–Crippen LogP) is 2.07. The highest BCUT2D eigenvalue weighted by molar-refractivity contribution is 6.31. The molecule has 0 bridgehead atoms. The molecule has 9 heteroatoms. The largest absolute Gasteiger partial charge is 0.482 e. The first-order chi connectivity index (χ1) is 14.0. The number of pyridine rings is 1. The fourth-order valence-electron chi connectivity index (χ4n) is 2.91. The Hall–Kier alpha value is -3.65. The highest BCUT2D eigenvalue weighted by Crippen LogP contribution is 2.34. The Morgan fingerprint density at radius 3 is 2.79 bits per heavy atom. The number of amides is 3. The maximum atomic E-state index is 12.3. The van der Waals surface area contributed by atoms with Gasteiger partial charge in [-0.3, -0.25) is 30.1 Å². The molecule has 0 aliphatic carbocycles. The van der Waals surface area contributed by atoms with Gasteiger partial charge in [0.15, 0.2) is 6.61 Å². The van der Waals surface area contributed by atoms with Crippen LogP contribution in [0.15, 0.2) is 54.6 Å². The van der Waals surface area contributed by atoms with E-state index in [4.69, 9.17) is 16.3 Å². The predicted molar refractivity (Wildman–Crippen MR) is 107 cm³/mol. The number of benzene rings is 2. The Bertz CT molecular complexity index is 1130. The molecule has 4 rings (SSSR count). The summed E-state index contributed by atoms with van der Waals surface area (Å²) in [6.07, 6.45) is 0. The van der Waals surface area contributed by atoms with E-state index in [1.165, 1.54) is 4.90 Å². The smallest absolute Gasteiger partial charge is 0.288 e. The minimum absolute atomic E-state index is 0.156. The van der Waals surface area contributed by atoms with Crippen molar-refractivity contribution in [1.29, 1.82) is 0 Å². The highest BCUT2D eigenvalue weighted by atomic mass is 35.5. The van der Waals surface area contributed by atoms with Gasteiger partial charge in [-0.2, -0.15) is 0 Å². The SMILES string of the molecule is O=C(CN1C(=O)COc2ccc(Cl)cc21)NNC(=O)c1ccc2ccccc2n1. The Balaban J connectivity index is 1.41. The second-order valence-electron chi connectivity index (χ2n) is 6.27. The van der Waals surface area contributed by atoms with Crippen molar-refractivity contribution >= 4 is 45.9 Å². The number of halogens is 1. The number of ether oxygens (including phenoxy) is 1. The average molecular weight is 411 g/mol. The van der Waals surface area contributed by atoms with E-state index in [1.807, 2.05) is 18.2 Å². The summed E-state index contributed by atoms with van der Waals surface area (Å²) >= 11 is 5.98. The molecule has 8 nitrogen and oxygen atoms in total. The number of hydrogen-bond acceptors (Lipinski definition) is 5. The molecule has 146 valence electrons. The molecule has 0 atom stereocenters. The third-order valence-corrected chi connectivity index (χ3v) is 4.55. The fourth-order valence-corrected chi connectivity index (χ4v) is 3.08. The number of carbonyl (C=O) groups excluding carboxylic acids is 3. The van der Waals surface area contributed by atoms with Gasteiger partial charge in [0, 0.05) is 10.4 Å². The normalized spacial score (nSPS) is 12.9. The number of hydrazine groups is 1. The summed E-state index contributed by atoms with van der Waals surface area (Å²) in [5, 5.41) is 1.30. The van der Waals surface area contributed by atoms with Gasteiger partial charge in [0.05, 0.1) is 11.2 Å². The lowest BCUT2D eigenvalue weighted by Gasteiger charge is -2.28. The van der Waals surface area contributed by atoms with Crippen molar-refractivity contribution in [3.05, 3.63) is 65.3 Å². The van der Waals surface area contributed by atoms with E-state index in [-0.39, 0.29) is 18.8 Å². The Morgan fingerprint density at radius 1 is 1.10 bits per heavy atom. The number of para-hydroxylation sites is 1. The first-order valence-electron chi connectivity index (χ1n) is 8.69. The van der Waals surface area contributed by atoms with Crippen LogP contribution >= 0.6 is 11.6 Å². The second-order valence-corrected chi connectivity index (χ2v) is 6.71. The maximum absolute atomic E-state index is 12.3. The van der Waals surface area contributed by atoms with Crippen LogP contribution in [0.4, 0.5) is 5.69 Å². The van der Waals surface area contributed by atoms with Crippen LogP contribution in [-0.2, 0) is 9.59 Å². The molecule has 0 saturated heterocycles. The van der Waals surface area contributed by atoms with Crippen LogP contribution in [0.3, 0.4) is 0 Å². The van der Waals surface area contributed by atoms with Gasteiger partial charge in [0.1, 0.15) is 18.0 Å². The lowest BCUT2D eigenvalue weighted by molar-refractivity contribution is -0.125. The molecule has 1 aliphatic rings. The molecule has 29 heavy (non-hydrogen) atoms. The molecule has 0 fully saturated rings. The van der Waals surface area contributed by atoms with Crippen LogP contribution in [-0.4, -0.2) is 35.9 Å². The van der Waals surface area contributed by atoms with Gasteiger partial charge in [0.25, 0.3) is 17.7 Å². The summed E-state index contributed by atoms with van der Waals surface area (Å²) in [7, 11) is 0. The van der Waals surface area contributed by atoms with E-state index in [2.05, 4.69) is 15.8 Å². The molecule has 1 aliphatic heterocycles. The van der Waals surface area contributed by atoms with Crippen LogP contribution in [0.5, 0.6) is 5.75 Å². The molecular weight excluding hydrogens is 396 g/mol. The second kappa shape index (κ2) is 7.76. The molecule has 2 aromatic carbocycles. The molecule has 0 saturated carbocycles. The lowest BCUT2D eigenvalue weighted by Crippen LogP contribution is -2.49. The van der Waals surface area contributed by atoms with Crippen LogP contribution in [0, 0.1) is 0 Å². The summed E-state index contributed by atoms with van der Waals surface area (Å²) < 4.78 is 5.33. The minimum Gasteiger partial charge on any atom is -0.482 e. The van der Waals surface area contributed by atoms with E-state index < -0.39 is 17.7 Å². The number of fused-ring (bicyclic) bond motifs is 2. The van der Waals surface area contributed by atoms with Crippen LogP contribution in [0.2, 0.25) is 5.02 Å². The monoisotopic (exact) mass is 410 g/mol. The van der Waals surface area contributed by atoms with E-state index in [0.29, 0.717) is 22.0 Å². The zero-order valence-corrected chi connectivity index (χ0v) is 15.8. The van der Waals surface area contributed by atoms with Crippen molar-refractivity contribution in [2.45, 2.75) is 0 Å². The van der Waals surface area contributed by atoms with Crippen molar-refractivity contribution in [2.75, 3.05) is 18.1 Å². The van der Waals surface area contributed by atoms with Gasteiger partial charge in [0.2, 0.25) is 0 Å². The number of nitrogens with zero attached hydrogens (tertiary/aromatic N) is 2. The minimum atomic E-state index is -0.583. The summed E-state index contributed by atoms with van der Waals surface area (Å²) in [5.41, 5.74) is 5.82. The fraction of sp³-hybridized carbons (Fsp3) is 0.100. The molecular formula is C20H15ClN4O4. The molecule has 0 unspecified atom stereocenters. The molecule has 0 spiro atoms. The molecule has 2 heterocycles. The zero-order valence-electron chi connectivity index (χ0n) is 15.0. The van der Waals surface area contributed by atoms with Gasteiger partial charge in [-0.05, 0) is 30.3 Å². The first kappa shape index (κ1) is 18.7. The summed E-state index contributed by atoms with van der Waals surface area (Å²) in [6, 6.07) is 15.5. The number of carbonyl (C=O) groups is 3. The Kier molecular flexibility index (Phi) is 5.01. The zero-order chi connectivity index (χ0) is 20.4. The number of aromatic nitrogens is 1. The number of anilines is 1. The number of rotatable bonds is 3. The van der Waals surface area contributed by atoms with Gasteiger partial charge in [-0.1, -0.05) is 35.9 Å². The van der Waals surface area contributed by atoms with Gasteiger partial charge in [-0.25, -0.2) is 4.98 Å².